The zero-order chi connectivity index (χ0) is 7.40. The maximum Gasteiger partial charge on any atom is 0.0639 e. The monoisotopic (exact) mass is 168 g/mol. The summed E-state index contributed by atoms with van der Waals surface area (Å²) in [4.78, 5) is 2.22. The largest absolute Gasteiger partial charge is 0.392 e. The van der Waals surface area contributed by atoms with Crippen LogP contribution < -0.4 is 0 Å². The van der Waals surface area contributed by atoms with E-state index < -0.39 is 0 Å². The van der Waals surface area contributed by atoms with Crippen molar-refractivity contribution in [3.8, 4) is 0 Å². The molecule has 1 aliphatic rings. The zero-order valence-electron chi connectivity index (χ0n) is 7.42. The van der Waals surface area contributed by atoms with E-state index in [0.29, 0.717) is 0 Å². The Labute approximate surface area is 90.0 Å². The standard InChI is InChI=1S/C7H15NO2.Na/c1-7(9)6-8-2-4-10-5-3-8;/h7,9H,2-6H2,1H3;. The summed E-state index contributed by atoms with van der Waals surface area (Å²) in [6.07, 6.45) is -0.210. The fraction of sp³-hybridized carbons (Fsp3) is 1.00. The van der Waals surface area contributed by atoms with Gasteiger partial charge in [0.15, 0.2) is 0 Å². The minimum absolute atomic E-state index is 0. The third-order valence-corrected chi connectivity index (χ3v) is 1.63. The molecule has 1 heterocycles. The summed E-state index contributed by atoms with van der Waals surface area (Å²) in [5, 5.41) is 9.02. The van der Waals surface area contributed by atoms with Crippen molar-refractivity contribution in [3.05, 3.63) is 0 Å². The Morgan fingerprint density at radius 2 is 2.00 bits per heavy atom. The first-order chi connectivity index (χ1) is 4.79. The van der Waals surface area contributed by atoms with Crippen LogP contribution >= 0.6 is 0 Å². The van der Waals surface area contributed by atoms with Crippen molar-refractivity contribution in [1.82, 2.24) is 4.90 Å². The Kier molecular flexibility index (Phi) is 6.91. The predicted molar refractivity (Wildman–Crippen MR) is 44.7 cm³/mol. The van der Waals surface area contributed by atoms with Gasteiger partial charge in [-0.1, -0.05) is 0 Å². The van der Waals surface area contributed by atoms with Crippen LogP contribution in [0.1, 0.15) is 6.92 Å². The van der Waals surface area contributed by atoms with Crippen molar-refractivity contribution >= 4 is 29.6 Å². The van der Waals surface area contributed by atoms with Crippen molar-refractivity contribution in [2.45, 2.75) is 13.0 Å². The summed E-state index contributed by atoms with van der Waals surface area (Å²) in [5.41, 5.74) is 0. The van der Waals surface area contributed by atoms with Crippen molar-refractivity contribution in [1.29, 1.82) is 0 Å². The first kappa shape index (κ1) is 11.9. The van der Waals surface area contributed by atoms with Gasteiger partial charge in [-0.05, 0) is 6.92 Å². The Balaban J connectivity index is 0.000001000. The molecule has 0 saturated carbocycles. The molecule has 1 atom stereocenters. The van der Waals surface area contributed by atoms with Crippen molar-refractivity contribution in [2.24, 2.45) is 0 Å². The van der Waals surface area contributed by atoms with Crippen molar-refractivity contribution in [3.63, 3.8) is 0 Å². The van der Waals surface area contributed by atoms with Gasteiger partial charge in [0.25, 0.3) is 0 Å². The second-order valence-electron chi connectivity index (χ2n) is 2.76. The first-order valence-corrected chi connectivity index (χ1v) is 3.77. The minimum atomic E-state index is -0.210. The molecule has 1 fully saturated rings. The fourth-order valence-electron chi connectivity index (χ4n) is 1.16. The molecule has 3 nitrogen and oxygen atoms in total. The van der Waals surface area contributed by atoms with E-state index in [1.807, 2.05) is 6.92 Å². The molecule has 1 N–H and O–H groups in total. The average Bonchev–Trinajstić information content (AvgIpc) is 1.88. The molecule has 0 aromatic rings. The number of rotatable bonds is 2. The molecule has 0 aromatic heterocycles. The summed E-state index contributed by atoms with van der Waals surface area (Å²) >= 11 is 0. The van der Waals surface area contributed by atoms with Gasteiger partial charge in [-0.25, -0.2) is 0 Å². The number of aliphatic hydroxyl groups is 1. The van der Waals surface area contributed by atoms with Gasteiger partial charge in [-0.2, -0.15) is 0 Å². The Morgan fingerprint density at radius 1 is 1.45 bits per heavy atom. The number of hydrogen-bond donors (Lipinski definition) is 1. The molecule has 0 amide bonds. The van der Waals surface area contributed by atoms with Crippen LogP contribution in [-0.4, -0.2) is 78.5 Å². The quantitative estimate of drug-likeness (QED) is 0.554. The number of β-amino-alcohol motifs (C(OH)–C–C–N with tert-alkyl or cyclic N) is 1. The normalized spacial score (nSPS) is 22.4. The van der Waals surface area contributed by atoms with Crippen LogP contribution in [0.15, 0.2) is 0 Å². The number of morpholine rings is 1. The summed E-state index contributed by atoms with van der Waals surface area (Å²) < 4.78 is 5.16. The molecule has 11 heavy (non-hydrogen) atoms. The molecule has 1 aliphatic heterocycles. The van der Waals surface area contributed by atoms with Crippen LogP contribution in [-0.2, 0) is 4.74 Å². The van der Waals surface area contributed by atoms with Crippen LogP contribution in [0, 0.1) is 0 Å². The van der Waals surface area contributed by atoms with Gasteiger partial charge in [0, 0.05) is 49.2 Å². The number of ether oxygens (including phenoxy) is 1. The maximum absolute atomic E-state index is 9.02. The van der Waals surface area contributed by atoms with Crippen LogP contribution in [0.5, 0.6) is 0 Å². The van der Waals surface area contributed by atoms with Crippen LogP contribution in [0.4, 0.5) is 0 Å². The van der Waals surface area contributed by atoms with Gasteiger partial charge in [0.2, 0.25) is 0 Å². The SMILES string of the molecule is CC(O)CN1CCOCC1.[Na]. The molecule has 4 heteroatoms. The van der Waals surface area contributed by atoms with E-state index in [-0.39, 0.29) is 35.7 Å². The van der Waals surface area contributed by atoms with E-state index in [2.05, 4.69) is 4.90 Å². The molecular weight excluding hydrogens is 153 g/mol. The van der Waals surface area contributed by atoms with E-state index in [0.717, 1.165) is 32.8 Å². The van der Waals surface area contributed by atoms with Gasteiger partial charge in [-0.15, -0.1) is 0 Å². The van der Waals surface area contributed by atoms with Crippen LogP contribution in [0.2, 0.25) is 0 Å². The Bertz CT molecular complexity index is 94.4. The second kappa shape index (κ2) is 6.40. The van der Waals surface area contributed by atoms with Crippen molar-refractivity contribution < 1.29 is 9.84 Å². The Hall–Kier alpha value is 0.880. The van der Waals surface area contributed by atoms with E-state index in [1.54, 1.807) is 0 Å². The van der Waals surface area contributed by atoms with Gasteiger partial charge in [0.1, 0.15) is 0 Å². The number of aliphatic hydroxyl groups excluding tert-OH is 1. The van der Waals surface area contributed by atoms with E-state index in [4.69, 9.17) is 9.84 Å². The van der Waals surface area contributed by atoms with Crippen molar-refractivity contribution in [2.75, 3.05) is 32.8 Å². The van der Waals surface area contributed by atoms with Crippen LogP contribution in [0.3, 0.4) is 0 Å². The van der Waals surface area contributed by atoms with Gasteiger partial charge < -0.3 is 9.84 Å². The molecule has 1 radical (unpaired) electrons. The molecule has 1 unspecified atom stereocenters. The number of nitrogens with zero attached hydrogens (tertiary/aromatic N) is 1. The molecule has 0 bridgehead atoms. The molecule has 1 saturated heterocycles. The summed E-state index contributed by atoms with van der Waals surface area (Å²) in [6, 6.07) is 0. The smallest absolute Gasteiger partial charge is 0.0639 e. The van der Waals surface area contributed by atoms with Crippen LogP contribution in [0.25, 0.3) is 0 Å². The average molecular weight is 168 g/mol. The molecule has 0 aliphatic carbocycles. The third-order valence-electron chi connectivity index (χ3n) is 1.63. The van der Waals surface area contributed by atoms with E-state index in [9.17, 15) is 0 Å². The summed E-state index contributed by atoms with van der Waals surface area (Å²) in [5.74, 6) is 0. The topological polar surface area (TPSA) is 32.7 Å². The van der Waals surface area contributed by atoms with Gasteiger partial charge >= 0.3 is 0 Å². The summed E-state index contributed by atoms with van der Waals surface area (Å²) in [7, 11) is 0. The molecular formula is C7H15NNaO2. The molecule has 1 rings (SSSR count). The first-order valence-electron chi connectivity index (χ1n) is 3.77. The fourth-order valence-corrected chi connectivity index (χ4v) is 1.16. The second-order valence-corrected chi connectivity index (χ2v) is 2.76. The van der Waals surface area contributed by atoms with Gasteiger partial charge in [0.05, 0.1) is 19.3 Å². The molecule has 0 spiro atoms. The zero-order valence-corrected chi connectivity index (χ0v) is 9.42. The maximum atomic E-state index is 9.02. The minimum Gasteiger partial charge on any atom is -0.392 e. The Morgan fingerprint density at radius 3 is 2.45 bits per heavy atom. The van der Waals surface area contributed by atoms with E-state index >= 15 is 0 Å². The third kappa shape index (κ3) is 5.17. The number of hydrogen-bond acceptors (Lipinski definition) is 3. The van der Waals surface area contributed by atoms with E-state index in [1.165, 1.54) is 0 Å². The predicted octanol–water partition coefficient (Wildman–Crippen LogP) is -0.681. The molecule has 0 aromatic carbocycles. The molecule has 61 valence electrons. The summed E-state index contributed by atoms with van der Waals surface area (Å²) in [6.45, 7) is 6.15. The van der Waals surface area contributed by atoms with Gasteiger partial charge in [-0.3, -0.25) is 4.90 Å².